The van der Waals surface area contributed by atoms with Gasteiger partial charge >= 0.3 is 0 Å². The fourth-order valence-electron chi connectivity index (χ4n) is 2.16. The average Bonchev–Trinajstić information content (AvgIpc) is 2.82. The summed E-state index contributed by atoms with van der Waals surface area (Å²) in [4.78, 5) is 14.2. The highest BCUT2D eigenvalue weighted by atomic mass is 35.5. The van der Waals surface area contributed by atoms with E-state index in [0.29, 0.717) is 26.6 Å². The summed E-state index contributed by atoms with van der Waals surface area (Å²) in [5.74, 6) is 0.631. The number of hydrogen-bond donors (Lipinski definition) is 0. The molecule has 3 nitrogen and oxygen atoms in total. The maximum atomic E-state index is 12.1. The molecule has 1 amide bonds. The second-order valence-electron chi connectivity index (χ2n) is 5.19. The SMILES string of the molecule is CN1C(=O)/C(=C\c2ccccc2OCc2ccc(Cl)cc2)SC1=S. The number of benzene rings is 2. The van der Waals surface area contributed by atoms with Gasteiger partial charge in [0.2, 0.25) is 0 Å². The van der Waals surface area contributed by atoms with Crippen LogP contribution in [0.3, 0.4) is 0 Å². The molecular weight excluding hydrogens is 362 g/mol. The molecule has 0 unspecified atom stereocenters. The van der Waals surface area contributed by atoms with Gasteiger partial charge < -0.3 is 4.74 Å². The van der Waals surface area contributed by atoms with Crippen LogP contribution in [0.4, 0.5) is 0 Å². The van der Waals surface area contributed by atoms with Gasteiger partial charge in [0.1, 0.15) is 16.7 Å². The zero-order valence-electron chi connectivity index (χ0n) is 12.9. The van der Waals surface area contributed by atoms with Crippen molar-refractivity contribution in [1.82, 2.24) is 4.90 Å². The van der Waals surface area contributed by atoms with Gasteiger partial charge in [-0.15, -0.1) is 0 Å². The van der Waals surface area contributed by atoms with Gasteiger partial charge in [-0.1, -0.05) is 65.9 Å². The molecule has 0 radical (unpaired) electrons. The molecule has 1 aliphatic rings. The van der Waals surface area contributed by atoms with Crippen LogP contribution in [0.1, 0.15) is 11.1 Å². The van der Waals surface area contributed by atoms with Crippen molar-refractivity contribution >= 4 is 51.9 Å². The number of hydrogen-bond acceptors (Lipinski definition) is 4. The normalized spacial score (nSPS) is 16.1. The lowest BCUT2D eigenvalue weighted by molar-refractivity contribution is -0.121. The first-order valence-corrected chi connectivity index (χ1v) is 8.83. The van der Waals surface area contributed by atoms with Crippen LogP contribution in [0, 0.1) is 0 Å². The molecule has 0 aromatic heterocycles. The number of carbonyl (C=O) groups is 1. The van der Waals surface area contributed by atoms with Crippen molar-refractivity contribution in [1.29, 1.82) is 0 Å². The van der Waals surface area contributed by atoms with Gasteiger partial charge in [-0.25, -0.2) is 0 Å². The number of likely N-dealkylation sites (N-methyl/N-ethyl adjacent to an activating group) is 1. The summed E-state index contributed by atoms with van der Waals surface area (Å²) in [6, 6.07) is 15.1. The van der Waals surface area contributed by atoms with Crippen LogP contribution in [0.25, 0.3) is 6.08 Å². The number of thioether (sulfide) groups is 1. The van der Waals surface area contributed by atoms with Gasteiger partial charge in [-0.3, -0.25) is 9.69 Å². The zero-order chi connectivity index (χ0) is 17.1. The van der Waals surface area contributed by atoms with E-state index in [9.17, 15) is 4.79 Å². The lowest BCUT2D eigenvalue weighted by Gasteiger charge is -2.10. The van der Waals surface area contributed by atoms with Crippen LogP contribution < -0.4 is 4.74 Å². The maximum Gasteiger partial charge on any atom is 0.265 e. The molecule has 24 heavy (non-hydrogen) atoms. The Balaban J connectivity index is 1.79. The highest BCUT2D eigenvalue weighted by Crippen LogP contribution is 2.33. The third-order valence-electron chi connectivity index (χ3n) is 3.50. The van der Waals surface area contributed by atoms with E-state index in [4.69, 9.17) is 28.6 Å². The Kier molecular flexibility index (Phi) is 5.23. The minimum atomic E-state index is -0.0856. The Hall–Kier alpha value is -1.82. The molecule has 1 saturated heterocycles. The first-order valence-electron chi connectivity index (χ1n) is 7.22. The van der Waals surface area contributed by atoms with Gasteiger partial charge in [0, 0.05) is 17.6 Å². The molecule has 0 saturated carbocycles. The van der Waals surface area contributed by atoms with Crippen molar-refractivity contribution in [3.05, 3.63) is 69.6 Å². The monoisotopic (exact) mass is 375 g/mol. The van der Waals surface area contributed by atoms with Crippen LogP contribution in [-0.4, -0.2) is 22.2 Å². The smallest absolute Gasteiger partial charge is 0.265 e. The summed E-state index contributed by atoms with van der Waals surface area (Å²) in [7, 11) is 1.68. The molecule has 0 atom stereocenters. The number of halogens is 1. The van der Waals surface area contributed by atoms with E-state index in [1.807, 2.05) is 54.6 Å². The maximum absolute atomic E-state index is 12.1. The van der Waals surface area contributed by atoms with Gasteiger partial charge in [0.25, 0.3) is 5.91 Å². The van der Waals surface area contributed by atoms with E-state index in [1.54, 1.807) is 7.05 Å². The average molecular weight is 376 g/mol. The molecule has 2 aromatic rings. The van der Waals surface area contributed by atoms with E-state index in [0.717, 1.165) is 11.1 Å². The van der Waals surface area contributed by atoms with E-state index in [-0.39, 0.29) is 5.91 Å². The van der Waals surface area contributed by atoms with Crippen molar-refractivity contribution in [2.75, 3.05) is 7.05 Å². The molecule has 0 spiro atoms. The van der Waals surface area contributed by atoms with Crippen molar-refractivity contribution in [3.8, 4) is 5.75 Å². The number of ether oxygens (including phenoxy) is 1. The van der Waals surface area contributed by atoms with E-state index < -0.39 is 0 Å². The van der Waals surface area contributed by atoms with Crippen LogP contribution >= 0.6 is 35.6 Å². The number of para-hydroxylation sites is 1. The van der Waals surface area contributed by atoms with Crippen molar-refractivity contribution in [2.24, 2.45) is 0 Å². The molecule has 3 rings (SSSR count). The largest absolute Gasteiger partial charge is 0.488 e. The highest BCUT2D eigenvalue weighted by molar-refractivity contribution is 8.26. The van der Waals surface area contributed by atoms with Gasteiger partial charge in [0.05, 0.1) is 4.91 Å². The third kappa shape index (κ3) is 3.80. The predicted octanol–water partition coefficient (Wildman–Crippen LogP) is 4.75. The minimum absolute atomic E-state index is 0.0856. The minimum Gasteiger partial charge on any atom is -0.488 e. The Morgan fingerprint density at radius 2 is 1.92 bits per heavy atom. The quantitative estimate of drug-likeness (QED) is 0.569. The topological polar surface area (TPSA) is 29.5 Å². The second kappa shape index (κ2) is 7.38. The summed E-state index contributed by atoms with van der Waals surface area (Å²) in [6.07, 6.45) is 1.82. The molecule has 0 bridgehead atoms. The molecule has 0 aliphatic carbocycles. The van der Waals surface area contributed by atoms with Crippen LogP contribution in [-0.2, 0) is 11.4 Å². The molecule has 6 heteroatoms. The Labute approximate surface area is 155 Å². The zero-order valence-corrected chi connectivity index (χ0v) is 15.3. The fourth-order valence-corrected chi connectivity index (χ4v) is 3.46. The molecule has 1 heterocycles. The predicted molar refractivity (Wildman–Crippen MR) is 103 cm³/mol. The molecule has 1 fully saturated rings. The molecular formula is C18H14ClNO2S2. The first-order chi connectivity index (χ1) is 11.5. The van der Waals surface area contributed by atoms with Crippen LogP contribution in [0.2, 0.25) is 5.02 Å². The molecule has 1 aliphatic heterocycles. The number of carbonyl (C=O) groups excluding carboxylic acids is 1. The summed E-state index contributed by atoms with van der Waals surface area (Å²) in [6.45, 7) is 0.427. The molecule has 2 aromatic carbocycles. The summed E-state index contributed by atoms with van der Waals surface area (Å²) in [5, 5.41) is 0.695. The lowest BCUT2D eigenvalue weighted by Crippen LogP contribution is -2.22. The van der Waals surface area contributed by atoms with Crippen molar-refractivity contribution in [2.45, 2.75) is 6.61 Å². The van der Waals surface area contributed by atoms with E-state index in [1.165, 1.54) is 16.7 Å². The Morgan fingerprint density at radius 3 is 2.58 bits per heavy atom. The van der Waals surface area contributed by atoms with Crippen LogP contribution in [0.15, 0.2) is 53.4 Å². The van der Waals surface area contributed by atoms with Crippen molar-refractivity contribution < 1.29 is 9.53 Å². The number of thiocarbonyl (C=S) groups is 1. The third-order valence-corrected chi connectivity index (χ3v) is 5.24. The van der Waals surface area contributed by atoms with E-state index in [2.05, 4.69) is 0 Å². The highest BCUT2D eigenvalue weighted by Gasteiger charge is 2.28. The second-order valence-corrected chi connectivity index (χ2v) is 7.31. The standard InChI is InChI=1S/C18H14ClNO2S2/c1-20-17(21)16(24-18(20)23)10-13-4-2-3-5-15(13)22-11-12-6-8-14(19)9-7-12/h2-10H,11H2,1H3/b16-10+. The lowest BCUT2D eigenvalue weighted by atomic mass is 10.2. The van der Waals surface area contributed by atoms with E-state index >= 15 is 0 Å². The van der Waals surface area contributed by atoms with Gasteiger partial charge in [0.15, 0.2) is 0 Å². The number of amides is 1. The van der Waals surface area contributed by atoms with Crippen molar-refractivity contribution in [3.63, 3.8) is 0 Å². The number of rotatable bonds is 4. The Morgan fingerprint density at radius 1 is 1.21 bits per heavy atom. The molecule has 0 N–H and O–H groups in total. The summed E-state index contributed by atoms with van der Waals surface area (Å²) in [5.41, 5.74) is 1.87. The van der Waals surface area contributed by atoms with Gasteiger partial charge in [-0.2, -0.15) is 0 Å². The fraction of sp³-hybridized carbons (Fsp3) is 0.111. The van der Waals surface area contributed by atoms with Crippen LogP contribution in [0.5, 0.6) is 5.75 Å². The van der Waals surface area contributed by atoms with Gasteiger partial charge in [-0.05, 0) is 29.8 Å². The Bertz CT molecular complexity index is 818. The first kappa shape index (κ1) is 17.0. The summed E-state index contributed by atoms with van der Waals surface area (Å²) < 4.78 is 6.47. The number of nitrogens with zero attached hydrogens (tertiary/aromatic N) is 1. The summed E-state index contributed by atoms with van der Waals surface area (Å²) >= 11 is 12.3. The molecule has 122 valence electrons.